The zero-order valence-corrected chi connectivity index (χ0v) is 4.72. The van der Waals surface area contributed by atoms with Gasteiger partial charge in [-0.1, -0.05) is 6.92 Å². The lowest BCUT2D eigenvalue weighted by Crippen LogP contribution is -2.48. The summed E-state index contributed by atoms with van der Waals surface area (Å²) in [6, 6.07) is 0.437. The SMILES string of the molecule is CC1C2NCC12OO. The Morgan fingerprint density at radius 3 is 2.62 bits per heavy atom. The molecule has 1 aliphatic heterocycles. The summed E-state index contributed by atoms with van der Waals surface area (Å²) in [5.41, 5.74) is -0.167. The van der Waals surface area contributed by atoms with Crippen molar-refractivity contribution in [3.63, 3.8) is 0 Å². The van der Waals surface area contributed by atoms with E-state index in [0.29, 0.717) is 12.0 Å². The van der Waals surface area contributed by atoms with Gasteiger partial charge in [0.15, 0.2) is 0 Å². The zero-order valence-electron chi connectivity index (χ0n) is 4.72. The summed E-state index contributed by atoms with van der Waals surface area (Å²) in [4.78, 5) is 4.30. The van der Waals surface area contributed by atoms with Crippen LogP contribution in [0.2, 0.25) is 0 Å². The van der Waals surface area contributed by atoms with Gasteiger partial charge in [-0.05, 0) is 0 Å². The Hall–Kier alpha value is -0.120. The van der Waals surface area contributed by atoms with Crippen molar-refractivity contribution >= 4 is 0 Å². The third kappa shape index (κ3) is 0.267. The largest absolute Gasteiger partial charge is 0.308 e. The Morgan fingerprint density at radius 2 is 2.62 bits per heavy atom. The van der Waals surface area contributed by atoms with Gasteiger partial charge in [-0.2, -0.15) is 0 Å². The van der Waals surface area contributed by atoms with E-state index in [-0.39, 0.29) is 5.60 Å². The maximum atomic E-state index is 8.32. The Balaban J connectivity index is 2.11. The summed E-state index contributed by atoms with van der Waals surface area (Å²) in [5.74, 6) is 0.507. The summed E-state index contributed by atoms with van der Waals surface area (Å²) >= 11 is 0. The van der Waals surface area contributed by atoms with Gasteiger partial charge in [0, 0.05) is 18.5 Å². The molecule has 3 nitrogen and oxygen atoms in total. The minimum atomic E-state index is -0.167. The van der Waals surface area contributed by atoms with E-state index in [4.69, 9.17) is 5.26 Å². The first-order valence-corrected chi connectivity index (χ1v) is 2.87. The van der Waals surface area contributed by atoms with Crippen LogP contribution in [-0.2, 0) is 4.89 Å². The van der Waals surface area contributed by atoms with Crippen molar-refractivity contribution in [2.45, 2.75) is 18.6 Å². The van der Waals surface area contributed by atoms with Gasteiger partial charge in [0.05, 0.1) is 0 Å². The van der Waals surface area contributed by atoms with Gasteiger partial charge in [-0.15, -0.1) is 0 Å². The average Bonchev–Trinajstić information content (AvgIpc) is 2.02. The van der Waals surface area contributed by atoms with Crippen LogP contribution < -0.4 is 5.32 Å². The van der Waals surface area contributed by atoms with E-state index in [1.807, 2.05) is 0 Å². The fourth-order valence-electron chi connectivity index (χ4n) is 1.53. The van der Waals surface area contributed by atoms with Crippen LogP contribution in [0.5, 0.6) is 0 Å². The van der Waals surface area contributed by atoms with Crippen molar-refractivity contribution in [1.29, 1.82) is 0 Å². The second-order valence-electron chi connectivity index (χ2n) is 2.69. The first-order valence-electron chi connectivity index (χ1n) is 2.87. The normalized spacial score (nSPS) is 59.2. The fraction of sp³-hybridized carbons (Fsp3) is 1.00. The van der Waals surface area contributed by atoms with Crippen molar-refractivity contribution in [2.24, 2.45) is 5.92 Å². The van der Waals surface area contributed by atoms with Gasteiger partial charge >= 0.3 is 0 Å². The molecule has 2 N–H and O–H groups in total. The molecule has 1 saturated heterocycles. The highest BCUT2D eigenvalue weighted by Gasteiger charge is 2.71. The number of hydrogen-bond donors (Lipinski definition) is 2. The van der Waals surface area contributed by atoms with Crippen molar-refractivity contribution in [3.05, 3.63) is 0 Å². The molecule has 1 heterocycles. The predicted octanol–water partition coefficient (Wildman–Crippen LogP) is -0.164. The molecule has 3 heteroatoms. The molecule has 8 heavy (non-hydrogen) atoms. The molecule has 0 aromatic carbocycles. The van der Waals surface area contributed by atoms with E-state index in [9.17, 15) is 0 Å². The highest BCUT2D eigenvalue weighted by molar-refractivity contribution is 5.25. The van der Waals surface area contributed by atoms with E-state index in [1.54, 1.807) is 0 Å². The van der Waals surface area contributed by atoms with Crippen molar-refractivity contribution in [1.82, 2.24) is 5.32 Å². The molecule has 1 aliphatic carbocycles. The topological polar surface area (TPSA) is 41.5 Å². The second-order valence-corrected chi connectivity index (χ2v) is 2.69. The number of rotatable bonds is 1. The van der Waals surface area contributed by atoms with Crippen LogP contribution in [0.15, 0.2) is 0 Å². The van der Waals surface area contributed by atoms with E-state index in [1.165, 1.54) is 0 Å². The van der Waals surface area contributed by atoms with E-state index >= 15 is 0 Å². The Kier molecular flexibility index (Phi) is 0.635. The molecular weight excluding hydrogens is 106 g/mol. The van der Waals surface area contributed by atoms with E-state index in [2.05, 4.69) is 17.1 Å². The van der Waals surface area contributed by atoms with Crippen LogP contribution in [0.4, 0.5) is 0 Å². The summed E-state index contributed by atoms with van der Waals surface area (Å²) in [5, 5.41) is 11.5. The van der Waals surface area contributed by atoms with Crippen LogP contribution in [0.3, 0.4) is 0 Å². The number of nitrogens with one attached hydrogen (secondary N) is 1. The third-order valence-corrected chi connectivity index (χ3v) is 2.46. The Morgan fingerprint density at radius 1 is 1.88 bits per heavy atom. The lowest BCUT2D eigenvalue weighted by molar-refractivity contribution is -0.304. The van der Waals surface area contributed by atoms with E-state index in [0.717, 1.165) is 6.54 Å². The summed E-state index contributed by atoms with van der Waals surface area (Å²) in [6.07, 6.45) is 0. The molecule has 0 aromatic rings. The number of fused-ring (bicyclic) bond motifs is 1. The molecule has 0 bridgehead atoms. The Bertz CT molecular complexity index is 118. The molecule has 2 rings (SSSR count). The lowest BCUT2D eigenvalue weighted by atomic mass is 10.2. The molecule has 0 spiro atoms. The van der Waals surface area contributed by atoms with Gasteiger partial charge < -0.3 is 5.32 Å². The number of hydrogen-bond acceptors (Lipinski definition) is 3. The molecule has 1 saturated carbocycles. The fourth-order valence-corrected chi connectivity index (χ4v) is 1.53. The minimum Gasteiger partial charge on any atom is -0.308 e. The smallest absolute Gasteiger partial charge is 0.135 e. The zero-order chi connectivity index (χ0) is 5.78. The first-order chi connectivity index (χ1) is 3.81. The predicted molar refractivity (Wildman–Crippen MR) is 27.4 cm³/mol. The van der Waals surface area contributed by atoms with Crippen LogP contribution in [0.25, 0.3) is 0 Å². The maximum Gasteiger partial charge on any atom is 0.135 e. The molecule has 0 radical (unpaired) electrons. The molecular formula is C5H9NO2. The second kappa shape index (κ2) is 1.07. The molecule has 3 atom stereocenters. The molecule has 3 unspecified atom stereocenters. The minimum absolute atomic E-state index is 0.167. The van der Waals surface area contributed by atoms with Crippen LogP contribution in [0, 0.1) is 5.92 Å². The molecule has 46 valence electrons. The van der Waals surface area contributed by atoms with Crippen LogP contribution in [-0.4, -0.2) is 23.4 Å². The highest BCUT2D eigenvalue weighted by atomic mass is 17.1. The van der Waals surface area contributed by atoms with Crippen molar-refractivity contribution in [2.75, 3.05) is 6.54 Å². The first kappa shape index (κ1) is 4.73. The quantitative estimate of drug-likeness (QED) is 0.368. The summed E-state index contributed by atoms with van der Waals surface area (Å²) in [6.45, 7) is 2.89. The van der Waals surface area contributed by atoms with Crippen molar-refractivity contribution in [3.8, 4) is 0 Å². The van der Waals surface area contributed by atoms with Crippen LogP contribution >= 0.6 is 0 Å². The molecule has 2 fully saturated rings. The van der Waals surface area contributed by atoms with Gasteiger partial charge in [-0.25, -0.2) is 4.89 Å². The third-order valence-electron chi connectivity index (χ3n) is 2.46. The van der Waals surface area contributed by atoms with Gasteiger partial charge in [0.1, 0.15) is 5.60 Å². The maximum absolute atomic E-state index is 8.32. The van der Waals surface area contributed by atoms with Gasteiger partial charge in [-0.3, -0.25) is 5.26 Å². The molecule has 0 aromatic heterocycles. The summed E-state index contributed by atoms with van der Waals surface area (Å²) < 4.78 is 0. The standard InChI is InChI=1S/C5H9NO2/c1-3-4-5(3,8-7)2-6-4/h3-4,6-7H,2H2,1H3. The summed E-state index contributed by atoms with van der Waals surface area (Å²) in [7, 11) is 0. The average molecular weight is 115 g/mol. The Labute approximate surface area is 47.6 Å². The van der Waals surface area contributed by atoms with Crippen LogP contribution in [0.1, 0.15) is 6.92 Å². The molecule has 0 amide bonds. The van der Waals surface area contributed by atoms with E-state index < -0.39 is 0 Å². The lowest BCUT2D eigenvalue weighted by Gasteiger charge is -2.22. The van der Waals surface area contributed by atoms with Crippen molar-refractivity contribution < 1.29 is 10.1 Å². The highest BCUT2D eigenvalue weighted by Crippen LogP contribution is 2.51. The monoisotopic (exact) mass is 115 g/mol. The molecule has 2 aliphatic rings. The van der Waals surface area contributed by atoms with Gasteiger partial charge in [0.2, 0.25) is 0 Å². The van der Waals surface area contributed by atoms with Gasteiger partial charge in [0.25, 0.3) is 0 Å².